The molecule has 0 aliphatic carbocycles. The summed E-state index contributed by atoms with van der Waals surface area (Å²) in [6.07, 6.45) is 0.831. The number of anilines is 2. The van der Waals surface area contributed by atoms with Gasteiger partial charge in [-0.05, 0) is 42.3 Å². The molecule has 2 amide bonds. The van der Waals surface area contributed by atoms with Crippen molar-refractivity contribution in [3.8, 4) is 0 Å². The summed E-state index contributed by atoms with van der Waals surface area (Å²) < 4.78 is 0. The van der Waals surface area contributed by atoms with Crippen molar-refractivity contribution in [2.75, 3.05) is 23.4 Å². The van der Waals surface area contributed by atoms with Crippen LogP contribution in [0.2, 0.25) is 0 Å². The first-order valence-electron chi connectivity index (χ1n) is 8.85. The molecule has 5 nitrogen and oxygen atoms in total. The number of aromatic nitrogens is 1. The zero-order valence-corrected chi connectivity index (χ0v) is 15.0. The summed E-state index contributed by atoms with van der Waals surface area (Å²) in [5.41, 5.74) is 3.37. The Bertz CT molecular complexity index is 1000. The predicted molar refractivity (Wildman–Crippen MR) is 105 cm³/mol. The average Bonchev–Trinajstić information content (AvgIpc) is 3.17. The molecule has 0 fully saturated rings. The summed E-state index contributed by atoms with van der Waals surface area (Å²) in [6, 6.07) is 22.2. The third kappa shape index (κ3) is 3.19. The molecule has 4 rings (SSSR count). The van der Waals surface area contributed by atoms with Crippen LogP contribution >= 0.6 is 0 Å². The standard InChI is InChI=1S/C22H19N3O2/c1-24(17-9-3-2-4-10-17)21(26)18-11-7-12-19(23-18)22(27)25-15-14-16-8-5-6-13-20(16)25/h2-13H,14-15H2,1H3. The van der Waals surface area contributed by atoms with Crippen molar-refractivity contribution >= 4 is 23.2 Å². The molecule has 0 unspecified atom stereocenters. The molecule has 0 N–H and O–H groups in total. The van der Waals surface area contributed by atoms with E-state index in [4.69, 9.17) is 0 Å². The molecule has 0 atom stereocenters. The van der Waals surface area contributed by atoms with E-state index < -0.39 is 0 Å². The summed E-state index contributed by atoms with van der Waals surface area (Å²) in [4.78, 5) is 33.4. The molecule has 1 aliphatic heterocycles. The molecule has 0 saturated heterocycles. The van der Waals surface area contributed by atoms with Crippen LogP contribution in [-0.2, 0) is 6.42 Å². The van der Waals surface area contributed by atoms with Gasteiger partial charge in [0.25, 0.3) is 11.8 Å². The molecule has 1 aromatic heterocycles. The molecular weight excluding hydrogens is 338 g/mol. The Morgan fingerprint density at radius 3 is 2.41 bits per heavy atom. The Balaban J connectivity index is 1.60. The predicted octanol–water partition coefficient (Wildman–Crippen LogP) is 3.56. The third-order valence-electron chi connectivity index (χ3n) is 4.77. The number of carbonyl (C=O) groups is 2. The Hall–Kier alpha value is -3.47. The highest BCUT2D eigenvalue weighted by atomic mass is 16.2. The molecule has 0 bridgehead atoms. The molecule has 0 spiro atoms. The van der Waals surface area contributed by atoms with Crippen LogP contribution in [0.25, 0.3) is 0 Å². The van der Waals surface area contributed by atoms with E-state index in [0.717, 1.165) is 23.4 Å². The van der Waals surface area contributed by atoms with E-state index in [1.165, 1.54) is 4.90 Å². The van der Waals surface area contributed by atoms with Gasteiger partial charge >= 0.3 is 0 Å². The van der Waals surface area contributed by atoms with Crippen LogP contribution in [0.5, 0.6) is 0 Å². The van der Waals surface area contributed by atoms with Gasteiger partial charge in [0.1, 0.15) is 11.4 Å². The van der Waals surface area contributed by atoms with E-state index in [2.05, 4.69) is 4.98 Å². The highest BCUT2D eigenvalue weighted by molar-refractivity contribution is 6.08. The maximum atomic E-state index is 13.0. The summed E-state index contributed by atoms with van der Waals surface area (Å²) >= 11 is 0. The highest BCUT2D eigenvalue weighted by Gasteiger charge is 2.26. The number of hydrogen-bond acceptors (Lipinski definition) is 3. The van der Waals surface area contributed by atoms with Crippen molar-refractivity contribution in [1.82, 2.24) is 4.98 Å². The van der Waals surface area contributed by atoms with E-state index in [1.807, 2.05) is 54.6 Å². The lowest BCUT2D eigenvalue weighted by Crippen LogP contribution is -2.31. The first-order chi connectivity index (χ1) is 13.1. The molecule has 3 aromatic rings. The van der Waals surface area contributed by atoms with Gasteiger partial charge in [0.2, 0.25) is 0 Å². The van der Waals surface area contributed by atoms with Gasteiger partial charge in [-0.2, -0.15) is 0 Å². The molecule has 0 radical (unpaired) electrons. The van der Waals surface area contributed by atoms with Gasteiger partial charge in [-0.3, -0.25) is 9.59 Å². The van der Waals surface area contributed by atoms with Crippen LogP contribution in [0, 0.1) is 0 Å². The first-order valence-corrected chi connectivity index (χ1v) is 8.85. The van der Waals surface area contributed by atoms with Crippen molar-refractivity contribution < 1.29 is 9.59 Å². The number of para-hydroxylation sites is 2. The van der Waals surface area contributed by atoms with Crippen molar-refractivity contribution in [2.45, 2.75) is 6.42 Å². The van der Waals surface area contributed by atoms with Gasteiger partial charge in [-0.25, -0.2) is 4.98 Å². The van der Waals surface area contributed by atoms with E-state index in [1.54, 1.807) is 30.1 Å². The number of amides is 2. The van der Waals surface area contributed by atoms with Gasteiger partial charge in [0, 0.05) is 25.0 Å². The summed E-state index contributed by atoms with van der Waals surface area (Å²) in [5, 5.41) is 0. The summed E-state index contributed by atoms with van der Waals surface area (Å²) in [6.45, 7) is 0.627. The normalized spacial score (nSPS) is 12.6. The minimum atomic E-state index is -0.252. The topological polar surface area (TPSA) is 53.5 Å². The molecule has 1 aliphatic rings. The maximum absolute atomic E-state index is 13.0. The molecule has 0 saturated carbocycles. The fourth-order valence-electron chi connectivity index (χ4n) is 3.30. The number of pyridine rings is 1. The SMILES string of the molecule is CN(C(=O)c1cccc(C(=O)N2CCc3ccccc32)n1)c1ccccc1. The molecule has 134 valence electrons. The van der Waals surface area contributed by atoms with E-state index >= 15 is 0 Å². The second kappa shape index (κ2) is 7.03. The number of hydrogen-bond donors (Lipinski definition) is 0. The van der Waals surface area contributed by atoms with Crippen molar-refractivity contribution in [1.29, 1.82) is 0 Å². The maximum Gasteiger partial charge on any atom is 0.276 e. The van der Waals surface area contributed by atoms with Crippen molar-refractivity contribution in [3.05, 3.63) is 89.7 Å². The second-order valence-electron chi connectivity index (χ2n) is 6.44. The molecule has 27 heavy (non-hydrogen) atoms. The largest absolute Gasteiger partial charge is 0.310 e. The molecular formula is C22H19N3O2. The minimum absolute atomic E-state index is 0.183. The lowest BCUT2D eigenvalue weighted by molar-refractivity contribution is 0.0982. The van der Waals surface area contributed by atoms with Gasteiger partial charge in [0.15, 0.2) is 0 Å². The minimum Gasteiger partial charge on any atom is -0.310 e. The van der Waals surface area contributed by atoms with Crippen LogP contribution in [0.3, 0.4) is 0 Å². The van der Waals surface area contributed by atoms with Gasteiger partial charge < -0.3 is 9.80 Å². The number of benzene rings is 2. The van der Waals surface area contributed by atoms with Crippen molar-refractivity contribution in [2.24, 2.45) is 0 Å². The van der Waals surface area contributed by atoms with E-state index in [9.17, 15) is 9.59 Å². The monoisotopic (exact) mass is 357 g/mol. The van der Waals surface area contributed by atoms with E-state index in [-0.39, 0.29) is 23.2 Å². The van der Waals surface area contributed by atoms with Crippen LogP contribution < -0.4 is 9.80 Å². The molecule has 5 heteroatoms. The Morgan fingerprint density at radius 1 is 0.889 bits per heavy atom. The quantitative estimate of drug-likeness (QED) is 0.720. The first kappa shape index (κ1) is 17.0. The lowest BCUT2D eigenvalue weighted by Gasteiger charge is -2.19. The van der Waals surface area contributed by atoms with Crippen LogP contribution in [0.15, 0.2) is 72.8 Å². The molecule has 2 heterocycles. The average molecular weight is 357 g/mol. The number of fused-ring (bicyclic) bond motifs is 1. The van der Waals surface area contributed by atoms with Crippen LogP contribution in [-0.4, -0.2) is 30.4 Å². The van der Waals surface area contributed by atoms with Crippen LogP contribution in [0.4, 0.5) is 11.4 Å². The molecule has 2 aromatic carbocycles. The number of carbonyl (C=O) groups excluding carboxylic acids is 2. The smallest absolute Gasteiger partial charge is 0.276 e. The summed E-state index contributed by atoms with van der Waals surface area (Å²) in [5.74, 6) is -0.436. The number of rotatable bonds is 3. The fourth-order valence-corrected chi connectivity index (χ4v) is 3.30. The zero-order chi connectivity index (χ0) is 18.8. The Labute approximate surface area is 157 Å². The number of nitrogens with zero attached hydrogens (tertiary/aromatic N) is 3. The summed E-state index contributed by atoms with van der Waals surface area (Å²) in [7, 11) is 1.70. The Kier molecular flexibility index (Phi) is 4.42. The Morgan fingerprint density at radius 2 is 1.59 bits per heavy atom. The van der Waals surface area contributed by atoms with Crippen LogP contribution in [0.1, 0.15) is 26.5 Å². The van der Waals surface area contributed by atoms with Crippen molar-refractivity contribution in [3.63, 3.8) is 0 Å². The highest BCUT2D eigenvalue weighted by Crippen LogP contribution is 2.28. The second-order valence-corrected chi connectivity index (χ2v) is 6.44. The van der Waals surface area contributed by atoms with E-state index in [0.29, 0.717) is 6.54 Å². The third-order valence-corrected chi connectivity index (χ3v) is 4.77. The van der Waals surface area contributed by atoms with Gasteiger partial charge in [-0.1, -0.05) is 42.5 Å². The van der Waals surface area contributed by atoms with Gasteiger partial charge in [0.05, 0.1) is 0 Å². The van der Waals surface area contributed by atoms with Gasteiger partial charge in [-0.15, -0.1) is 0 Å². The lowest BCUT2D eigenvalue weighted by atomic mass is 10.2. The zero-order valence-electron chi connectivity index (χ0n) is 15.0. The fraction of sp³-hybridized carbons (Fsp3) is 0.136.